The monoisotopic (exact) mass is 291 g/mol. The molecule has 0 spiro atoms. The second kappa shape index (κ2) is 7.57. The number of rotatable bonds is 6. The van der Waals surface area contributed by atoms with Crippen molar-refractivity contribution in [1.82, 2.24) is 10.2 Å². The SMILES string of the molecule is Cc1ccccc1CN(C)C(CN)CC(=O)NC(C)(C)C. The molecule has 0 saturated heterocycles. The van der Waals surface area contributed by atoms with Crippen molar-refractivity contribution in [3.05, 3.63) is 35.4 Å². The first-order valence-electron chi connectivity index (χ1n) is 7.48. The fourth-order valence-corrected chi connectivity index (χ4v) is 2.29. The van der Waals surface area contributed by atoms with E-state index in [0.29, 0.717) is 13.0 Å². The summed E-state index contributed by atoms with van der Waals surface area (Å²) in [5.74, 6) is 0.0505. The average molecular weight is 291 g/mol. The lowest BCUT2D eigenvalue weighted by molar-refractivity contribution is -0.123. The summed E-state index contributed by atoms with van der Waals surface area (Å²) in [7, 11) is 2.02. The Morgan fingerprint density at radius 3 is 2.48 bits per heavy atom. The van der Waals surface area contributed by atoms with Gasteiger partial charge in [-0.05, 0) is 45.9 Å². The van der Waals surface area contributed by atoms with Gasteiger partial charge in [0, 0.05) is 31.1 Å². The number of amides is 1. The summed E-state index contributed by atoms with van der Waals surface area (Å²) >= 11 is 0. The lowest BCUT2D eigenvalue weighted by atomic mass is 10.1. The Morgan fingerprint density at radius 2 is 1.95 bits per heavy atom. The number of nitrogens with zero attached hydrogens (tertiary/aromatic N) is 1. The van der Waals surface area contributed by atoms with Crippen molar-refractivity contribution in [2.24, 2.45) is 5.73 Å². The second-order valence-corrected chi connectivity index (χ2v) is 6.73. The van der Waals surface area contributed by atoms with Gasteiger partial charge in [-0.3, -0.25) is 9.69 Å². The zero-order chi connectivity index (χ0) is 16.0. The van der Waals surface area contributed by atoms with Crippen LogP contribution in [0.5, 0.6) is 0 Å². The molecule has 1 atom stereocenters. The normalized spacial score (nSPS) is 13.3. The summed E-state index contributed by atoms with van der Waals surface area (Å²) in [6, 6.07) is 8.35. The highest BCUT2D eigenvalue weighted by molar-refractivity contribution is 5.77. The Bertz CT molecular complexity index is 465. The standard InChI is InChI=1S/C17H29N3O/c1-13-8-6-7-9-14(13)12-20(5)15(11-18)10-16(21)19-17(2,3)4/h6-9,15H,10-12,18H2,1-5H3,(H,19,21). The molecule has 0 fully saturated rings. The minimum absolute atomic E-state index is 0.0481. The molecule has 0 aromatic heterocycles. The number of likely N-dealkylation sites (N-methyl/N-ethyl adjacent to an activating group) is 1. The van der Waals surface area contributed by atoms with E-state index in [-0.39, 0.29) is 17.5 Å². The number of nitrogens with two attached hydrogens (primary N) is 1. The quantitative estimate of drug-likeness (QED) is 0.843. The molecule has 4 nitrogen and oxygen atoms in total. The predicted molar refractivity (Wildman–Crippen MR) is 88.0 cm³/mol. The van der Waals surface area contributed by atoms with Gasteiger partial charge in [0.2, 0.25) is 5.91 Å². The van der Waals surface area contributed by atoms with Gasteiger partial charge in [-0.15, -0.1) is 0 Å². The van der Waals surface area contributed by atoms with Crippen LogP contribution in [0.2, 0.25) is 0 Å². The molecule has 0 bridgehead atoms. The zero-order valence-electron chi connectivity index (χ0n) is 13.9. The summed E-state index contributed by atoms with van der Waals surface area (Å²) in [6.07, 6.45) is 0.427. The molecule has 1 rings (SSSR count). The number of nitrogens with one attached hydrogen (secondary N) is 1. The second-order valence-electron chi connectivity index (χ2n) is 6.73. The Labute approximate surface area is 128 Å². The minimum atomic E-state index is -0.204. The third-order valence-electron chi connectivity index (χ3n) is 3.51. The molecule has 3 N–H and O–H groups in total. The predicted octanol–water partition coefficient (Wildman–Crippen LogP) is 2.06. The van der Waals surface area contributed by atoms with Crippen LogP contribution in [0.4, 0.5) is 0 Å². The molecular weight excluding hydrogens is 262 g/mol. The van der Waals surface area contributed by atoms with Crippen LogP contribution < -0.4 is 11.1 Å². The van der Waals surface area contributed by atoms with Crippen LogP contribution in [0.15, 0.2) is 24.3 Å². The Hall–Kier alpha value is -1.39. The van der Waals surface area contributed by atoms with Crippen LogP contribution in [0.25, 0.3) is 0 Å². The Morgan fingerprint density at radius 1 is 1.33 bits per heavy atom. The summed E-state index contributed by atoms with van der Waals surface area (Å²) in [5.41, 5.74) is 8.19. The van der Waals surface area contributed by atoms with Crippen molar-refractivity contribution >= 4 is 5.91 Å². The fourth-order valence-electron chi connectivity index (χ4n) is 2.29. The average Bonchev–Trinajstić information content (AvgIpc) is 2.36. The molecule has 1 amide bonds. The molecule has 0 heterocycles. The Kier molecular flexibility index (Phi) is 6.37. The van der Waals surface area contributed by atoms with Crippen LogP contribution in [0.1, 0.15) is 38.3 Å². The van der Waals surface area contributed by atoms with E-state index in [9.17, 15) is 4.79 Å². The third kappa shape index (κ3) is 6.27. The molecule has 0 radical (unpaired) electrons. The molecule has 1 aromatic carbocycles. The summed E-state index contributed by atoms with van der Waals surface area (Å²) in [6.45, 7) is 9.34. The van der Waals surface area contributed by atoms with Gasteiger partial charge in [0.25, 0.3) is 0 Å². The first-order valence-corrected chi connectivity index (χ1v) is 7.48. The van der Waals surface area contributed by atoms with E-state index in [1.165, 1.54) is 11.1 Å². The smallest absolute Gasteiger partial charge is 0.222 e. The first-order chi connectivity index (χ1) is 9.73. The molecule has 0 saturated carbocycles. The largest absolute Gasteiger partial charge is 0.351 e. The maximum Gasteiger partial charge on any atom is 0.222 e. The van der Waals surface area contributed by atoms with Gasteiger partial charge in [0.1, 0.15) is 0 Å². The molecule has 0 aliphatic rings. The molecule has 1 aromatic rings. The maximum atomic E-state index is 12.1. The highest BCUT2D eigenvalue weighted by Crippen LogP contribution is 2.13. The highest BCUT2D eigenvalue weighted by atomic mass is 16.1. The van der Waals surface area contributed by atoms with Crippen molar-refractivity contribution in [2.75, 3.05) is 13.6 Å². The van der Waals surface area contributed by atoms with Crippen molar-refractivity contribution in [3.63, 3.8) is 0 Å². The van der Waals surface area contributed by atoms with Gasteiger partial charge in [-0.1, -0.05) is 24.3 Å². The molecule has 1 unspecified atom stereocenters. The van der Waals surface area contributed by atoms with Gasteiger partial charge in [-0.2, -0.15) is 0 Å². The molecule has 118 valence electrons. The number of carbonyl (C=O) groups is 1. The molecule has 21 heavy (non-hydrogen) atoms. The van der Waals surface area contributed by atoms with Gasteiger partial charge >= 0.3 is 0 Å². The molecule has 0 aliphatic heterocycles. The number of hydrogen-bond donors (Lipinski definition) is 2. The molecule has 4 heteroatoms. The lowest BCUT2D eigenvalue weighted by Crippen LogP contribution is -2.46. The number of hydrogen-bond acceptors (Lipinski definition) is 3. The van der Waals surface area contributed by atoms with Crippen molar-refractivity contribution in [3.8, 4) is 0 Å². The topological polar surface area (TPSA) is 58.4 Å². The van der Waals surface area contributed by atoms with Crippen LogP contribution in [-0.4, -0.2) is 36.0 Å². The fraction of sp³-hybridized carbons (Fsp3) is 0.588. The van der Waals surface area contributed by atoms with E-state index in [1.54, 1.807) is 0 Å². The summed E-state index contributed by atoms with van der Waals surface area (Å²) in [5, 5.41) is 2.99. The number of aryl methyl sites for hydroxylation is 1. The summed E-state index contributed by atoms with van der Waals surface area (Å²) in [4.78, 5) is 14.2. The summed E-state index contributed by atoms with van der Waals surface area (Å²) < 4.78 is 0. The van der Waals surface area contributed by atoms with E-state index in [2.05, 4.69) is 29.3 Å². The molecular formula is C17H29N3O. The van der Waals surface area contributed by atoms with Crippen LogP contribution in [-0.2, 0) is 11.3 Å². The van der Waals surface area contributed by atoms with Gasteiger partial charge in [0.15, 0.2) is 0 Å². The highest BCUT2D eigenvalue weighted by Gasteiger charge is 2.20. The van der Waals surface area contributed by atoms with E-state index >= 15 is 0 Å². The van der Waals surface area contributed by atoms with Crippen molar-refractivity contribution in [2.45, 2.75) is 52.2 Å². The Balaban J connectivity index is 2.63. The third-order valence-corrected chi connectivity index (χ3v) is 3.51. The first kappa shape index (κ1) is 17.7. The van der Waals surface area contributed by atoms with Gasteiger partial charge in [0.05, 0.1) is 0 Å². The van der Waals surface area contributed by atoms with E-state index in [4.69, 9.17) is 5.73 Å². The number of benzene rings is 1. The van der Waals surface area contributed by atoms with E-state index in [1.807, 2.05) is 40.0 Å². The molecule has 0 aliphatic carbocycles. The number of carbonyl (C=O) groups excluding carboxylic acids is 1. The van der Waals surface area contributed by atoms with Crippen molar-refractivity contribution in [1.29, 1.82) is 0 Å². The van der Waals surface area contributed by atoms with Crippen molar-refractivity contribution < 1.29 is 4.79 Å². The minimum Gasteiger partial charge on any atom is -0.351 e. The van der Waals surface area contributed by atoms with E-state index in [0.717, 1.165) is 6.54 Å². The van der Waals surface area contributed by atoms with Crippen LogP contribution in [0, 0.1) is 6.92 Å². The lowest BCUT2D eigenvalue weighted by Gasteiger charge is -2.29. The van der Waals surface area contributed by atoms with Gasteiger partial charge in [-0.25, -0.2) is 0 Å². The van der Waals surface area contributed by atoms with E-state index < -0.39 is 0 Å². The van der Waals surface area contributed by atoms with Gasteiger partial charge < -0.3 is 11.1 Å². The maximum absolute atomic E-state index is 12.1. The van der Waals surface area contributed by atoms with Crippen LogP contribution in [0.3, 0.4) is 0 Å². The van der Waals surface area contributed by atoms with Crippen LogP contribution >= 0.6 is 0 Å². The zero-order valence-corrected chi connectivity index (χ0v) is 13.9.